The van der Waals surface area contributed by atoms with Gasteiger partial charge in [-0.15, -0.1) is 0 Å². The molecule has 0 aromatic rings. The number of aliphatic hydroxyl groups is 3. The highest BCUT2D eigenvalue weighted by Gasteiger charge is 2.32. The van der Waals surface area contributed by atoms with Gasteiger partial charge in [-0.3, -0.25) is 33.6 Å². The zero-order chi connectivity index (χ0) is 29.6. The first-order chi connectivity index (χ1) is 17.6. The monoisotopic (exact) mass is 550 g/mol. The largest absolute Gasteiger partial charge is 0.481 e. The lowest BCUT2D eigenvalue weighted by atomic mass is 10.1. The number of aliphatic hydroxyl groups excluding tert-OH is 3. The van der Waals surface area contributed by atoms with Gasteiger partial charge in [0.25, 0.3) is 0 Å². The Morgan fingerprint density at radius 2 is 1.24 bits per heavy atom. The molecule has 6 unspecified atom stereocenters. The van der Waals surface area contributed by atoms with E-state index in [9.17, 15) is 48.9 Å². The number of hydrogen-bond acceptors (Lipinski definition) is 11. The van der Waals surface area contributed by atoms with E-state index >= 15 is 0 Å². The lowest BCUT2D eigenvalue weighted by molar-refractivity contribution is -0.139. The van der Waals surface area contributed by atoms with Gasteiger partial charge in [0.15, 0.2) is 0 Å². The minimum atomic E-state index is -1.68. The second-order valence-corrected chi connectivity index (χ2v) is 8.10. The zero-order valence-electron chi connectivity index (χ0n) is 20.7. The molecule has 0 aliphatic rings. The first-order valence-corrected chi connectivity index (χ1v) is 11.2. The molecule has 216 valence electrons. The fourth-order valence-electron chi connectivity index (χ4n) is 2.69. The molecule has 5 amide bonds. The van der Waals surface area contributed by atoms with E-state index in [1.165, 1.54) is 6.92 Å². The van der Waals surface area contributed by atoms with Crippen molar-refractivity contribution in [2.24, 2.45) is 5.73 Å². The summed E-state index contributed by atoms with van der Waals surface area (Å²) in [6, 6.07) is -7.50. The van der Waals surface area contributed by atoms with Crippen LogP contribution in [-0.2, 0) is 33.6 Å². The van der Waals surface area contributed by atoms with Crippen LogP contribution in [0.4, 0.5) is 0 Å². The van der Waals surface area contributed by atoms with E-state index in [1.807, 2.05) is 10.6 Å². The SMILES string of the molecule is CC(NC(=O)C(CO)NC(=O)C(N)CCC(=O)O)C(=O)NC(C(=O)NC(CO)C(=O)NCC(=O)O)C(C)O. The first kappa shape index (κ1) is 34.1. The van der Waals surface area contributed by atoms with Crippen LogP contribution in [0.25, 0.3) is 0 Å². The van der Waals surface area contributed by atoms with Crippen LogP contribution in [-0.4, -0.2) is 123 Å². The van der Waals surface area contributed by atoms with Crippen molar-refractivity contribution in [1.29, 1.82) is 0 Å². The van der Waals surface area contributed by atoms with Gasteiger partial charge in [0.1, 0.15) is 30.7 Å². The maximum atomic E-state index is 12.5. The number of amides is 5. The Morgan fingerprint density at radius 1 is 0.711 bits per heavy atom. The van der Waals surface area contributed by atoms with Gasteiger partial charge in [-0.1, -0.05) is 0 Å². The summed E-state index contributed by atoms with van der Waals surface area (Å²) in [7, 11) is 0. The van der Waals surface area contributed by atoms with Crippen molar-refractivity contribution in [3.05, 3.63) is 0 Å². The van der Waals surface area contributed by atoms with Gasteiger partial charge in [0.2, 0.25) is 29.5 Å². The molecule has 0 saturated carbocycles. The average Bonchev–Trinajstić information content (AvgIpc) is 2.84. The third-order valence-corrected chi connectivity index (χ3v) is 4.87. The highest BCUT2D eigenvalue weighted by molar-refractivity contribution is 5.96. The molecule has 0 aromatic heterocycles. The van der Waals surface area contributed by atoms with E-state index in [2.05, 4.69) is 16.0 Å². The predicted molar refractivity (Wildman–Crippen MR) is 125 cm³/mol. The molecule has 0 heterocycles. The van der Waals surface area contributed by atoms with Crippen LogP contribution in [0.15, 0.2) is 0 Å². The molecule has 0 aliphatic heterocycles. The number of carbonyl (C=O) groups is 7. The molecule has 0 radical (unpaired) electrons. The quantitative estimate of drug-likeness (QED) is 0.0804. The molecule has 0 rings (SSSR count). The normalized spacial score (nSPS) is 15.4. The van der Waals surface area contributed by atoms with Crippen LogP contribution in [0, 0.1) is 0 Å². The summed E-state index contributed by atoms with van der Waals surface area (Å²) in [5, 5.41) is 56.3. The van der Waals surface area contributed by atoms with Crippen LogP contribution >= 0.6 is 0 Å². The summed E-state index contributed by atoms with van der Waals surface area (Å²) < 4.78 is 0. The maximum absolute atomic E-state index is 12.5. The number of carboxylic acids is 2. The molecule has 0 spiro atoms. The fraction of sp³-hybridized carbons (Fsp3) is 0.650. The number of hydrogen-bond donors (Lipinski definition) is 11. The van der Waals surface area contributed by atoms with E-state index in [4.69, 9.17) is 15.9 Å². The molecule has 38 heavy (non-hydrogen) atoms. The highest BCUT2D eigenvalue weighted by Crippen LogP contribution is 1.99. The zero-order valence-corrected chi connectivity index (χ0v) is 20.7. The van der Waals surface area contributed by atoms with Crippen LogP contribution in [0.3, 0.4) is 0 Å². The van der Waals surface area contributed by atoms with Crippen molar-refractivity contribution >= 4 is 41.5 Å². The molecule has 18 nitrogen and oxygen atoms in total. The van der Waals surface area contributed by atoms with Crippen LogP contribution in [0.2, 0.25) is 0 Å². The van der Waals surface area contributed by atoms with Gasteiger partial charge in [-0.05, 0) is 20.3 Å². The number of aliphatic carboxylic acids is 2. The van der Waals surface area contributed by atoms with Gasteiger partial charge < -0.3 is 57.9 Å². The topological polar surface area (TPSA) is 307 Å². The average molecular weight is 551 g/mol. The standard InChI is InChI=1S/C20H34N6O12/c1-8(23-19(37)12(7-28)24-17(35)10(21)3-4-13(30)31)16(34)26-15(9(2)29)20(38)25-11(6-27)18(36)22-5-14(32)33/h8-12,15,27-29H,3-7,21H2,1-2H3,(H,22,36)(H,23,37)(H,24,35)(H,25,38)(H,26,34)(H,30,31)(H,32,33). The molecular formula is C20H34N6O12. The van der Waals surface area contributed by atoms with Crippen molar-refractivity contribution in [3.8, 4) is 0 Å². The van der Waals surface area contributed by atoms with E-state index in [0.717, 1.165) is 6.92 Å². The highest BCUT2D eigenvalue weighted by atomic mass is 16.4. The van der Waals surface area contributed by atoms with Gasteiger partial charge in [-0.2, -0.15) is 0 Å². The number of rotatable bonds is 17. The fourth-order valence-corrected chi connectivity index (χ4v) is 2.69. The van der Waals surface area contributed by atoms with Crippen LogP contribution in [0.5, 0.6) is 0 Å². The minimum Gasteiger partial charge on any atom is -0.481 e. The lowest BCUT2D eigenvalue weighted by Gasteiger charge is -2.26. The van der Waals surface area contributed by atoms with Crippen molar-refractivity contribution in [2.45, 2.75) is 63.0 Å². The summed E-state index contributed by atoms with van der Waals surface area (Å²) in [5.41, 5.74) is 5.54. The number of carboxylic acid groups (broad SMARTS) is 2. The second kappa shape index (κ2) is 16.8. The third-order valence-electron chi connectivity index (χ3n) is 4.87. The van der Waals surface area contributed by atoms with Crippen molar-refractivity contribution in [1.82, 2.24) is 26.6 Å². The number of carbonyl (C=O) groups excluding carboxylic acids is 5. The molecular weight excluding hydrogens is 516 g/mol. The van der Waals surface area contributed by atoms with Crippen LogP contribution in [0.1, 0.15) is 26.7 Å². The molecule has 0 aliphatic carbocycles. The molecule has 0 bridgehead atoms. The van der Waals surface area contributed by atoms with Crippen molar-refractivity contribution in [2.75, 3.05) is 19.8 Å². The Hall–Kier alpha value is -3.87. The van der Waals surface area contributed by atoms with E-state index < -0.39 is 104 Å². The Labute approximate surface area is 216 Å². The Bertz CT molecular complexity index is 883. The van der Waals surface area contributed by atoms with Gasteiger partial charge in [0, 0.05) is 6.42 Å². The summed E-state index contributed by atoms with van der Waals surface area (Å²) in [6.07, 6.45) is -2.17. The van der Waals surface area contributed by atoms with Crippen molar-refractivity contribution in [3.63, 3.8) is 0 Å². The summed E-state index contributed by atoms with van der Waals surface area (Å²) in [6.45, 7) is -0.324. The Kier molecular flexibility index (Phi) is 15.1. The third kappa shape index (κ3) is 12.4. The van der Waals surface area contributed by atoms with E-state index in [-0.39, 0.29) is 6.42 Å². The number of nitrogens with two attached hydrogens (primary N) is 1. The van der Waals surface area contributed by atoms with E-state index in [1.54, 1.807) is 0 Å². The molecule has 0 saturated heterocycles. The van der Waals surface area contributed by atoms with Crippen LogP contribution < -0.4 is 32.3 Å². The Morgan fingerprint density at radius 3 is 1.71 bits per heavy atom. The molecule has 12 N–H and O–H groups in total. The smallest absolute Gasteiger partial charge is 0.322 e. The minimum absolute atomic E-state index is 0.235. The van der Waals surface area contributed by atoms with Crippen molar-refractivity contribution < 1.29 is 59.1 Å². The predicted octanol–water partition coefficient (Wildman–Crippen LogP) is -6.30. The molecule has 0 aromatic carbocycles. The summed E-state index contributed by atoms with van der Waals surface area (Å²) in [5.74, 6) is -7.68. The maximum Gasteiger partial charge on any atom is 0.322 e. The lowest BCUT2D eigenvalue weighted by Crippen LogP contribution is -2.61. The second-order valence-electron chi connectivity index (χ2n) is 8.10. The van der Waals surface area contributed by atoms with Gasteiger partial charge >= 0.3 is 11.9 Å². The summed E-state index contributed by atoms with van der Waals surface area (Å²) >= 11 is 0. The molecule has 0 fully saturated rings. The Balaban J connectivity index is 5.13. The molecule has 6 atom stereocenters. The van der Waals surface area contributed by atoms with E-state index in [0.29, 0.717) is 0 Å². The summed E-state index contributed by atoms with van der Waals surface area (Å²) in [4.78, 5) is 82.5. The molecule has 18 heteroatoms. The first-order valence-electron chi connectivity index (χ1n) is 11.2. The van der Waals surface area contributed by atoms with Gasteiger partial charge in [0.05, 0.1) is 25.4 Å². The van der Waals surface area contributed by atoms with Gasteiger partial charge in [-0.25, -0.2) is 0 Å². The number of nitrogens with one attached hydrogen (secondary N) is 5.